The van der Waals surface area contributed by atoms with Gasteiger partial charge < -0.3 is 15.2 Å². The first-order valence-corrected chi connectivity index (χ1v) is 10.1. The third-order valence-electron chi connectivity index (χ3n) is 5.47. The number of allylic oxidation sites excluding steroid dienone is 5. The highest BCUT2D eigenvalue weighted by Crippen LogP contribution is 2.36. The summed E-state index contributed by atoms with van der Waals surface area (Å²) in [7, 11) is 0. The summed E-state index contributed by atoms with van der Waals surface area (Å²) < 4.78 is 0. The number of hydrogen-bond donors (Lipinski definition) is 2. The number of rotatable bonds is 8. The zero-order valence-corrected chi connectivity index (χ0v) is 18.8. The van der Waals surface area contributed by atoms with Crippen molar-refractivity contribution in [2.75, 3.05) is 0 Å². The summed E-state index contributed by atoms with van der Waals surface area (Å²) in [4.78, 5) is 30.0. The summed E-state index contributed by atoms with van der Waals surface area (Å²) in [6.07, 6.45) is 8.81. The van der Waals surface area contributed by atoms with E-state index in [1.54, 1.807) is 24.4 Å². The molecular formula is C26H31N3O2. The van der Waals surface area contributed by atoms with Crippen molar-refractivity contribution in [1.29, 1.82) is 0 Å². The van der Waals surface area contributed by atoms with Gasteiger partial charge in [0.05, 0.1) is 0 Å². The normalized spacial score (nSPS) is 15.4. The second kappa shape index (κ2) is 9.94. The van der Waals surface area contributed by atoms with Gasteiger partial charge in [-0.15, -0.1) is 0 Å². The Morgan fingerprint density at radius 3 is 2.48 bits per heavy atom. The maximum absolute atomic E-state index is 13.1. The van der Waals surface area contributed by atoms with Crippen LogP contribution in [0.3, 0.4) is 0 Å². The number of carbonyl (C=O) groups is 1. The lowest BCUT2D eigenvalue weighted by atomic mass is 9.87. The van der Waals surface area contributed by atoms with E-state index in [-0.39, 0.29) is 23.9 Å². The molecule has 0 aromatic carbocycles. The van der Waals surface area contributed by atoms with Gasteiger partial charge in [0.1, 0.15) is 0 Å². The molecule has 2 N–H and O–H groups in total. The Morgan fingerprint density at radius 2 is 1.94 bits per heavy atom. The summed E-state index contributed by atoms with van der Waals surface area (Å²) in [6, 6.07) is 1.89. The van der Waals surface area contributed by atoms with Crippen molar-refractivity contribution in [3.05, 3.63) is 118 Å². The predicted molar refractivity (Wildman–Crippen MR) is 128 cm³/mol. The van der Waals surface area contributed by atoms with Crippen LogP contribution in [0, 0.1) is 19.8 Å². The monoisotopic (exact) mass is 417 g/mol. The Balaban J connectivity index is 2.41. The van der Waals surface area contributed by atoms with Crippen molar-refractivity contribution in [2.24, 2.45) is 5.92 Å². The fraction of sp³-hybridized carbons (Fsp3) is 0.231. The Kier molecular flexibility index (Phi) is 7.59. The van der Waals surface area contributed by atoms with Gasteiger partial charge in [0.15, 0.2) is 0 Å². The number of aromatic amines is 1. The molecule has 2 heterocycles. The van der Waals surface area contributed by atoms with Crippen LogP contribution in [0.15, 0.2) is 95.8 Å². The summed E-state index contributed by atoms with van der Waals surface area (Å²) in [6.45, 7) is 23.4. The first-order valence-electron chi connectivity index (χ1n) is 10.1. The SMILES string of the molecule is C=C/C=C(\C=C)C(C)C1=C(C)C(C(=O)NCc2c(C)cc(C)[nH]c2=O)=CC(=C)N1C=C. The zero-order valence-electron chi connectivity index (χ0n) is 18.8. The minimum absolute atomic E-state index is 0.0658. The van der Waals surface area contributed by atoms with E-state index in [2.05, 4.69) is 36.6 Å². The van der Waals surface area contributed by atoms with Crippen LogP contribution in [0.2, 0.25) is 0 Å². The van der Waals surface area contributed by atoms with E-state index in [1.165, 1.54) is 0 Å². The van der Waals surface area contributed by atoms with Gasteiger partial charge in [0.25, 0.3) is 11.5 Å². The van der Waals surface area contributed by atoms with E-state index in [9.17, 15) is 9.59 Å². The quantitative estimate of drug-likeness (QED) is 0.602. The van der Waals surface area contributed by atoms with Crippen LogP contribution in [-0.2, 0) is 11.3 Å². The number of nitrogens with one attached hydrogen (secondary N) is 2. The predicted octanol–water partition coefficient (Wildman–Crippen LogP) is 4.72. The summed E-state index contributed by atoms with van der Waals surface area (Å²) >= 11 is 0. The third-order valence-corrected chi connectivity index (χ3v) is 5.47. The minimum Gasteiger partial charge on any atom is -0.348 e. The van der Waals surface area contributed by atoms with E-state index >= 15 is 0 Å². The molecular weight excluding hydrogens is 386 g/mol. The average molecular weight is 418 g/mol. The first-order chi connectivity index (χ1) is 14.7. The average Bonchev–Trinajstić information content (AvgIpc) is 2.71. The van der Waals surface area contributed by atoms with Gasteiger partial charge in [-0.2, -0.15) is 0 Å². The van der Waals surface area contributed by atoms with Gasteiger partial charge in [-0.25, -0.2) is 0 Å². The van der Waals surface area contributed by atoms with Crippen LogP contribution in [-0.4, -0.2) is 15.8 Å². The molecule has 31 heavy (non-hydrogen) atoms. The lowest BCUT2D eigenvalue weighted by Crippen LogP contribution is -2.33. The molecule has 1 aromatic heterocycles. The number of carbonyl (C=O) groups excluding carboxylic acids is 1. The lowest BCUT2D eigenvalue weighted by molar-refractivity contribution is -0.117. The highest BCUT2D eigenvalue weighted by Gasteiger charge is 2.28. The van der Waals surface area contributed by atoms with Crippen molar-refractivity contribution >= 4 is 5.91 Å². The maximum Gasteiger partial charge on any atom is 0.253 e. The number of amides is 1. The molecule has 0 saturated heterocycles. The number of aryl methyl sites for hydroxylation is 2. The summed E-state index contributed by atoms with van der Waals surface area (Å²) in [5.74, 6) is -0.330. The Bertz CT molecular complexity index is 1100. The largest absolute Gasteiger partial charge is 0.348 e. The highest BCUT2D eigenvalue weighted by molar-refractivity contribution is 5.98. The van der Waals surface area contributed by atoms with E-state index < -0.39 is 0 Å². The van der Waals surface area contributed by atoms with Gasteiger partial charge in [-0.1, -0.05) is 51.5 Å². The van der Waals surface area contributed by atoms with E-state index in [0.29, 0.717) is 16.8 Å². The van der Waals surface area contributed by atoms with E-state index in [4.69, 9.17) is 0 Å². The topological polar surface area (TPSA) is 65.2 Å². The molecule has 5 heteroatoms. The van der Waals surface area contributed by atoms with Gasteiger partial charge >= 0.3 is 0 Å². The second-order valence-electron chi connectivity index (χ2n) is 7.57. The fourth-order valence-corrected chi connectivity index (χ4v) is 3.85. The van der Waals surface area contributed by atoms with Gasteiger partial charge in [0, 0.05) is 46.9 Å². The molecule has 1 atom stereocenters. The van der Waals surface area contributed by atoms with Crippen LogP contribution in [0.5, 0.6) is 0 Å². The molecule has 1 unspecified atom stereocenters. The molecule has 0 aliphatic carbocycles. The summed E-state index contributed by atoms with van der Waals surface area (Å²) in [5, 5.41) is 2.88. The minimum atomic E-state index is -0.265. The number of nitrogens with zero attached hydrogens (tertiary/aromatic N) is 1. The van der Waals surface area contributed by atoms with E-state index in [0.717, 1.165) is 28.1 Å². The highest BCUT2D eigenvalue weighted by atomic mass is 16.2. The first kappa shape index (κ1) is 23.7. The molecule has 1 aliphatic rings. The van der Waals surface area contributed by atoms with Crippen LogP contribution >= 0.6 is 0 Å². The molecule has 1 aliphatic heterocycles. The van der Waals surface area contributed by atoms with Crippen LogP contribution in [0.25, 0.3) is 0 Å². The molecule has 5 nitrogen and oxygen atoms in total. The smallest absolute Gasteiger partial charge is 0.253 e. The molecule has 162 valence electrons. The molecule has 0 saturated carbocycles. The molecule has 0 radical (unpaired) electrons. The standard InChI is InChI=1S/C26H31N3O2/c1-9-12-21(10-2)19(7)24-20(8)22(14-18(6)29(24)11-3)25(30)27-15-23-16(4)13-17(5)28-26(23)31/h9-14,19H,1-3,6,15H2,4-5,7-8H3,(H,27,30)(H,28,31)/b21-12+. The maximum atomic E-state index is 13.1. The van der Waals surface area contributed by atoms with Gasteiger partial charge in [-0.3, -0.25) is 9.59 Å². The molecule has 1 amide bonds. The summed E-state index contributed by atoms with van der Waals surface area (Å²) in [5.41, 5.74) is 5.79. The van der Waals surface area contributed by atoms with Crippen LogP contribution in [0.4, 0.5) is 0 Å². The number of hydrogen-bond acceptors (Lipinski definition) is 3. The van der Waals surface area contributed by atoms with E-state index in [1.807, 2.05) is 44.7 Å². The molecule has 0 fully saturated rings. The molecule has 0 bridgehead atoms. The van der Waals surface area contributed by atoms with Crippen molar-refractivity contribution < 1.29 is 4.79 Å². The Morgan fingerprint density at radius 1 is 1.26 bits per heavy atom. The van der Waals surface area contributed by atoms with Crippen LogP contribution < -0.4 is 10.9 Å². The zero-order chi connectivity index (χ0) is 23.3. The number of pyridine rings is 1. The van der Waals surface area contributed by atoms with Crippen molar-refractivity contribution in [1.82, 2.24) is 15.2 Å². The van der Waals surface area contributed by atoms with Gasteiger partial charge in [0.2, 0.25) is 0 Å². The van der Waals surface area contributed by atoms with Gasteiger partial charge in [-0.05, 0) is 49.6 Å². The van der Waals surface area contributed by atoms with Crippen molar-refractivity contribution in [3.8, 4) is 0 Å². The molecule has 2 rings (SSSR count). The third kappa shape index (κ3) is 4.94. The van der Waals surface area contributed by atoms with Crippen molar-refractivity contribution in [3.63, 3.8) is 0 Å². The molecule has 1 aromatic rings. The van der Waals surface area contributed by atoms with Crippen molar-refractivity contribution in [2.45, 2.75) is 34.2 Å². The Labute approximate surface area is 184 Å². The Hall–Kier alpha value is -3.60. The lowest BCUT2D eigenvalue weighted by Gasteiger charge is -2.35. The molecule has 0 spiro atoms. The number of H-pyrrole nitrogens is 1. The fourth-order valence-electron chi connectivity index (χ4n) is 3.85. The number of aromatic nitrogens is 1. The van der Waals surface area contributed by atoms with Crippen LogP contribution in [0.1, 0.15) is 30.7 Å². The second-order valence-corrected chi connectivity index (χ2v) is 7.57.